The van der Waals surface area contributed by atoms with Gasteiger partial charge in [-0.15, -0.1) is 0 Å². The zero-order valence-corrected chi connectivity index (χ0v) is 10.1. The van der Waals surface area contributed by atoms with Crippen molar-refractivity contribution in [2.75, 3.05) is 32.7 Å². The van der Waals surface area contributed by atoms with Crippen LogP contribution in [-0.2, 0) is 9.47 Å². The molecule has 0 fully saturated rings. The number of methoxy groups -OCH3 is 1. The number of hydrogen-bond donors (Lipinski definition) is 3. The smallest absolute Gasteiger partial charge is 0.0700 e. The molecule has 0 aliphatic carbocycles. The zero-order valence-electron chi connectivity index (χ0n) is 10.1. The molecule has 17 heavy (non-hydrogen) atoms. The summed E-state index contributed by atoms with van der Waals surface area (Å²) in [7, 11) is 1.64. The number of hydrogen-bond acceptors (Lipinski definition) is 6. The predicted octanol–water partition coefficient (Wildman–Crippen LogP) is 0.221. The molecular weight excluding hydrogens is 220 g/mol. The minimum absolute atomic E-state index is 0.0498. The van der Waals surface area contributed by atoms with Crippen LogP contribution in [0.1, 0.15) is 18.0 Å². The first kappa shape index (κ1) is 13.9. The quantitative estimate of drug-likeness (QED) is 0.342. The fraction of sp³-hybridized carbons (Fsp3) is 0.545. The van der Waals surface area contributed by atoms with Crippen LogP contribution in [0.25, 0.3) is 0 Å². The highest BCUT2D eigenvalue weighted by molar-refractivity contribution is 5.46. The van der Waals surface area contributed by atoms with Gasteiger partial charge in [-0.1, -0.05) is 0 Å². The molecule has 0 aromatic carbocycles. The van der Waals surface area contributed by atoms with Crippen molar-refractivity contribution in [2.24, 2.45) is 5.84 Å². The number of nitrogens with two attached hydrogens (primary N) is 2. The molecule has 1 aromatic heterocycles. The van der Waals surface area contributed by atoms with Gasteiger partial charge in [0.2, 0.25) is 0 Å². The number of pyridine rings is 1. The van der Waals surface area contributed by atoms with E-state index in [4.69, 9.17) is 21.1 Å². The van der Waals surface area contributed by atoms with E-state index in [0.717, 1.165) is 12.0 Å². The highest BCUT2D eigenvalue weighted by Crippen LogP contribution is 2.20. The zero-order chi connectivity index (χ0) is 12.5. The molecule has 1 rings (SSSR count). The number of nitrogens with zero attached hydrogens (tertiary/aromatic N) is 1. The Morgan fingerprint density at radius 3 is 2.88 bits per heavy atom. The number of nitrogen functional groups attached to an aromatic ring is 1. The van der Waals surface area contributed by atoms with Gasteiger partial charge in [-0.3, -0.25) is 16.3 Å². The average molecular weight is 240 g/mol. The molecule has 1 heterocycles. The maximum absolute atomic E-state index is 5.85. The summed E-state index contributed by atoms with van der Waals surface area (Å²) in [5.41, 5.74) is 10.1. The Hall–Kier alpha value is -1.21. The average Bonchev–Trinajstić information content (AvgIpc) is 2.35. The van der Waals surface area contributed by atoms with Gasteiger partial charge < -0.3 is 15.2 Å². The number of ether oxygens (including phenoxy) is 2. The first-order valence-electron chi connectivity index (χ1n) is 5.51. The number of aromatic nitrogens is 1. The van der Waals surface area contributed by atoms with Crippen LogP contribution in [0.4, 0.5) is 5.69 Å². The van der Waals surface area contributed by atoms with Gasteiger partial charge in [-0.25, -0.2) is 0 Å². The molecular formula is C11H20N4O2. The Morgan fingerprint density at radius 1 is 1.41 bits per heavy atom. The Bertz CT molecular complexity index is 322. The van der Waals surface area contributed by atoms with E-state index in [1.165, 1.54) is 0 Å². The lowest BCUT2D eigenvalue weighted by Gasteiger charge is -2.17. The molecule has 0 radical (unpaired) electrons. The number of nitrogens with one attached hydrogen (secondary N) is 1. The van der Waals surface area contributed by atoms with Gasteiger partial charge in [-0.05, 0) is 12.5 Å². The third-order valence-electron chi connectivity index (χ3n) is 2.45. The van der Waals surface area contributed by atoms with Crippen LogP contribution >= 0.6 is 0 Å². The first-order valence-corrected chi connectivity index (χ1v) is 5.51. The van der Waals surface area contributed by atoms with Gasteiger partial charge in [-0.2, -0.15) is 0 Å². The predicted molar refractivity (Wildman–Crippen MR) is 66.0 cm³/mol. The van der Waals surface area contributed by atoms with Crippen LogP contribution in [0, 0.1) is 0 Å². The van der Waals surface area contributed by atoms with E-state index < -0.39 is 0 Å². The van der Waals surface area contributed by atoms with Crippen molar-refractivity contribution >= 4 is 5.69 Å². The molecule has 0 spiro atoms. The van der Waals surface area contributed by atoms with Gasteiger partial charge in [0.25, 0.3) is 0 Å². The highest BCUT2D eigenvalue weighted by Gasteiger charge is 2.12. The van der Waals surface area contributed by atoms with E-state index in [2.05, 4.69) is 10.4 Å². The van der Waals surface area contributed by atoms with Crippen molar-refractivity contribution in [3.8, 4) is 0 Å². The van der Waals surface area contributed by atoms with Crippen LogP contribution in [0.3, 0.4) is 0 Å². The standard InChI is InChI=1S/C11H20N4O2/c1-16-6-7-17-5-3-11(15-13)9-8-14-4-2-10(9)12/h2,4,8,11,15H,3,5-7,13H2,1H3,(H2,12,14). The molecule has 0 aliphatic rings. The van der Waals surface area contributed by atoms with Crippen LogP contribution in [-0.4, -0.2) is 31.9 Å². The Labute approximate surface area is 101 Å². The maximum Gasteiger partial charge on any atom is 0.0700 e. The largest absolute Gasteiger partial charge is 0.398 e. The molecule has 0 saturated carbocycles. The summed E-state index contributed by atoms with van der Waals surface area (Å²) >= 11 is 0. The van der Waals surface area contributed by atoms with E-state index in [9.17, 15) is 0 Å². The van der Waals surface area contributed by atoms with Gasteiger partial charge in [0, 0.05) is 37.4 Å². The van der Waals surface area contributed by atoms with Gasteiger partial charge >= 0.3 is 0 Å². The summed E-state index contributed by atoms with van der Waals surface area (Å²) in [4.78, 5) is 4.04. The second-order valence-corrected chi connectivity index (χ2v) is 3.62. The summed E-state index contributed by atoms with van der Waals surface area (Å²) in [5.74, 6) is 5.50. The topological polar surface area (TPSA) is 95.4 Å². The maximum atomic E-state index is 5.85. The minimum Gasteiger partial charge on any atom is -0.398 e. The van der Waals surface area contributed by atoms with Crippen LogP contribution in [0.5, 0.6) is 0 Å². The third-order valence-corrected chi connectivity index (χ3v) is 2.45. The Balaban J connectivity index is 2.41. The molecule has 5 N–H and O–H groups in total. The van der Waals surface area contributed by atoms with Crippen molar-refractivity contribution in [3.05, 3.63) is 24.0 Å². The van der Waals surface area contributed by atoms with E-state index >= 15 is 0 Å². The fourth-order valence-electron chi connectivity index (χ4n) is 1.48. The molecule has 1 aromatic rings. The summed E-state index contributed by atoms with van der Waals surface area (Å²) in [6, 6.07) is 1.71. The van der Waals surface area contributed by atoms with E-state index in [1.54, 1.807) is 25.6 Å². The molecule has 1 atom stereocenters. The molecule has 0 amide bonds. The van der Waals surface area contributed by atoms with E-state index in [1.807, 2.05) is 0 Å². The van der Waals surface area contributed by atoms with Crippen molar-refractivity contribution in [1.82, 2.24) is 10.4 Å². The van der Waals surface area contributed by atoms with Crippen molar-refractivity contribution in [3.63, 3.8) is 0 Å². The first-order chi connectivity index (χ1) is 8.29. The van der Waals surface area contributed by atoms with Crippen LogP contribution in [0.15, 0.2) is 18.5 Å². The minimum atomic E-state index is -0.0498. The fourth-order valence-corrected chi connectivity index (χ4v) is 1.48. The second kappa shape index (κ2) is 7.97. The van der Waals surface area contributed by atoms with Crippen LogP contribution < -0.4 is 17.0 Å². The Kier molecular flexibility index (Phi) is 6.49. The lowest BCUT2D eigenvalue weighted by Crippen LogP contribution is -2.29. The second-order valence-electron chi connectivity index (χ2n) is 3.62. The monoisotopic (exact) mass is 240 g/mol. The third kappa shape index (κ3) is 4.66. The SMILES string of the molecule is COCCOCCC(NN)c1cnccc1N. The normalized spacial score (nSPS) is 12.6. The molecule has 1 unspecified atom stereocenters. The summed E-state index contributed by atoms with van der Waals surface area (Å²) < 4.78 is 10.3. The number of anilines is 1. The number of rotatable bonds is 8. The van der Waals surface area contributed by atoms with E-state index in [0.29, 0.717) is 25.5 Å². The van der Waals surface area contributed by atoms with Crippen molar-refractivity contribution in [1.29, 1.82) is 0 Å². The van der Waals surface area contributed by atoms with Gasteiger partial charge in [0.15, 0.2) is 0 Å². The van der Waals surface area contributed by atoms with Crippen LogP contribution in [0.2, 0.25) is 0 Å². The molecule has 96 valence electrons. The lowest BCUT2D eigenvalue weighted by molar-refractivity contribution is 0.0658. The van der Waals surface area contributed by atoms with Crippen molar-refractivity contribution in [2.45, 2.75) is 12.5 Å². The molecule has 0 saturated heterocycles. The Morgan fingerprint density at radius 2 is 2.24 bits per heavy atom. The summed E-state index contributed by atoms with van der Waals surface area (Å²) in [6.45, 7) is 1.76. The van der Waals surface area contributed by atoms with Gasteiger partial charge in [0.05, 0.1) is 19.3 Å². The molecule has 0 aliphatic heterocycles. The summed E-state index contributed by atoms with van der Waals surface area (Å²) in [5, 5.41) is 0. The summed E-state index contributed by atoms with van der Waals surface area (Å²) in [6.07, 6.45) is 4.10. The van der Waals surface area contributed by atoms with Crippen molar-refractivity contribution < 1.29 is 9.47 Å². The highest BCUT2D eigenvalue weighted by atomic mass is 16.5. The molecule has 0 bridgehead atoms. The van der Waals surface area contributed by atoms with Gasteiger partial charge in [0.1, 0.15) is 0 Å². The molecule has 6 nitrogen and oxygen atoms in total. The lowest BCUT2D eigenvalue weighted by atomic mass is 10.1. The molecule has 6 heteroatoms. The van der Waals surface area contributed by atoms with E-state index in [-0.39, 0.29) is 6.04 Å². The number of hydrazine groups is 1.